The first-order valence-electron chi connectivity index (χ1n) is 17.4. The summed E-state index contributed by atoms with van der Waals surface area (Å²) in [4.78, 5) is 47.6. The SMILES string of the molecule is CC(C)(C)OC(=O)N1CCC[C@H]1c1ncc(-c2ccc3c(ccc4cc(-c5cnc(C6[C@H]7CC[C@H](C7)N6C(=O)OC(C)(C)C)[nH]5)sc43)c2)[nH]1. The molecule has 5 aromatic rings. The van der Waals surface area contributed by atoms with Crippen molar-refractivity contribution in [3.63, 3.8) is 0 Å². The fraction of sp³-hybridized carbons (Fsp3) is 0.474. The standard InChI is InChI=1S/C38H44N6O4S/c1-37(2,3)47-35(45)43-15-7-8-29(43)33-39-19-27(41-33)22-12-14-26-21(16-22)9-10-24-18-30(49-32(24)26)28-20-40-34(42-28)31-23-11-13-25(17-23)44(31)36(46)48-38(4,5)6/h9-10,12,14,16,18-20,23,25,29,31H,7-8,11,13,15,17H2,1-6H3,(H,39,41)(H,40,42)/t23-,25+,29-,31?/m0/s1. The van der Waals surface area contributed by atoms with Crippen LogP contribution in [0.15, 0.2) is 48.8 Å². The lowest BCUT2D eigenvalue weighted by atomic mass is 9.98. The number of piperidine rings is 1. The van der Waals surface area contributed by atoms with Crippen molar-refractivity contribution in [2.45, 2.75) is 103 Å². The lowest BCUT2D eigenvalue weighted by molar-refractivity contribution is 0.00613. The fourth-order valence-electron chi connectivity index (χ4n) is 7.90. The number of fused-ring (bicyclic) bond motifs is 5. The summed E-state index contributed by atoms with van der Waals surface area (Å²) in [5.74, 6) is 2.02. The predicted molar refractivity (Wildman–Crippen MR) is 191 cm³/mol. The molecule has 2 bridgehead atoms. The normalized spacial score (nSPS) is 22.5. The van der Waals surface area contributed by atoms with Crippen molar-refractivity contribution in [2.75, 3.05) is 6.54 Å². The molecule has 5 heterocycles. The van der Waals surface area contributed by atoms with Gasteiger partial charge in [0.05, 0.1) is 40.7 Å². The van der Waals surface area contributed by atoms with Crippen LogP contribution in [-0.2, 0) is 9.47 Å². The van der Waals surface area contributed by atoms with E-state index in [2.05, 4.69) is 46.4 Å². The first-order valence-corrected chi connectivity index (χ1v) is 18.2. The molecule has 1 aliphatic carbocycles. The highest BCUT2D eigenvalue weighted by molar-refractivity contribution is 7.23. The van der Waals surface area contributed by atoms with Crippen molar-refractivity contribution in [3.05, 3.63) is 60.4 Å². The Balaban J connectivity index is 1.04. The summed E-state index contributed by atoms with van der Waals surface area (Å²) in [5.41, 5.74) is 1.85. The molecule has 2 saturated heterocycles. The van der Waals surface area contributed by atoms with Gasteiger partial charge in [-0.1, -0.05) is 24.3 Å². The van der Waals surface area contributed by atoms with Crippen LogP contribution in [0, 0.1) is 5.92 Å². The quantitative estimate of drug-likeness (QED) is 0.195. The summed E-state index contributed by atoms with van der Waals surface area (Å²) in [6, 6.07) is 13.1. The van der Waals surface area contributed by atoms with E-state index in [1.165, 1.54) is 15.5 Å². The third-order valence-corrected chi connectivity index (χ3v) is 11.2. The third-order valence-electron chi connectivity index (χ3n) is 9.93. The number of carbonyl (C=O) groups is 2. The van der Waals surface area contributed by atoms with Gasteiger partial charge < -0.3 is 19.4 Å². The van der Waals surface area contributed by atoms with E-state index >= 15 is 0 Å². The molecule has 2 N–H and O–H groups in total. The van der Waals surface area contributed by atoms with Crippen LogP contribution in [0.25, 0.3) is 42.7 Å². The monoisotopic (exact) mass is 680 g/mol. The molecule has 1 unspecified atom stereocenters. The average Bonchev–Trinajstić information content (AvgIpc) is 3.88. The number of H-pyrrole nitrogens is 2. The lowest BCUT2D eigenvalue weighted by Crippen LogP contribution is -2.43. The van der Waals surface area contributed by atoms with E-state index in [0.29, 0.717) is 12.5 Å². The van der Waals surface area contributed by atoms with Crippen molar-refractivity contribution in [1.82, 2.24) is 29.7 Å². The molecule has 2 aliphatic heterocycles. The summed E-state index contributed by atoms with van der Waals surface area (Å²) in [7, 11) is 0. The number of rotatable bonds is 4. The van der Waals surface area contributed by atoms with Gasteiger partial charge in [-0.3, -0.25) is 9.80 Å². The van der Waals surface area contributed by atoms with Crippen molar-refractivity contribution in [2.24, 2.45) is 5.92 Å². The van der Waals surface area contributed by atoms with E-state index in [1.54, 1.807) is 16.2 Å². The van der Waals surface area contributed by atoms with Crippen molar-refractivity contribution in [3.8, 4) is 21.8 Å². The predicted octanol–water partition coefficient (Wildman–Crippen LogP) is 9.37. The Labute approximate surface area is 290 Å². The fourth-order valence-corrected chi connectivity index (χ4v) is 9.06. The van der Waals surface area contributed by atoms with Gasteiger partial charge in [0.15, 0.2) is 0 Å². The van der Waals surface area contributed by atoms with Crippen LogP contribution < -0.4 is 0 Å². The minimum absolute atomic E-state index is 0.0898. The number of carbonyl (C=O) groups excluding carboxylic acids is 2. The van der Waals surface area contributed by atoms with E-state index < -0.39 is 11.2 Å². The summed E-state index contributed by atoms with van der Waals surface area (Å²) >= 11 is 1.75. The van der Waals surface area contributed by atoms with Crippen LogP contribution in [-0.4, -0.2) is 65.7 Å². The number of hydrogen-bond donors (Lipinski definition) is 2. The van der Waals surface area contributed by atoms with Crippen LogP contribution in [0.4, 0.5) is 9.59 Å². The van der Waals surface area contributed by atoms with Crippen LogP contribution in [0.2, 0.25) is 0 Å². The molecule has 2 amide bonds. The Kier molecular flexibility index (Phi) is 7.55. The van der Waals surface area contributed by atoms with Gasteiger partial charge in [-0.25, -0.2) is 19.6 Å². The molecule has 8 rings (SSSR count). The average molecular weight is 681 g/mol. The number of imidazole rings is 2. The Morgan fingerprint density at radius 2 is 1.55 bits per heavy atom. The lowest BCUT2D eigenvalue weighted by Gasteiger charge is -2.35. The number of likely N-dealkylation sites (tertiary alicyclic amines) is 2. The van der Waals surface area contributed by atoms with Crippen molar-refractivity contribution in [1.29, 1.82) is 0 Å². The van der Waals surface area contributed by atoms with Gasteiger partial charge in [0.25, 0.3) is 0 Å². The molecule has 3 aromatic heterocycles. The second-order valence-electron chi connectivity index (χ2n) is 15.8. The number of benzene rings is 2. The van der Waals surface area contributed by atoms with Gasteiger partial charge in [-0.2, -0.15) is 0 Å². The molecule has 0 radical (unpaired) electrons. The van der Waals surface area contributed by atoms with E-state index in [9.17, 15) is 9.59 Å². The molecule has 49 heavy (non-hydrogen) atoms. The first-order chi connectivity index (χ1) is 23.3. The Hall–Kier alpha value is -4.38. The van der Waals surface area contributed by atoms with Gasteiger partial charge in [0, 0.05) is 22.8 Å². The van der Waals surface area contributed by atoms with Crippen molar-refractivity contribution < 1.29 is 19.1 Å². The van der Waals surface area contributed by atoms with Crippen LogP contribution in [0.3, 0.4) is 0 Å². The zero-order valence-electron chi connectivity index (χ0n) is 29.0. The number of aromatic amines is 2. The Morgan fingerprint density at radius 1 is 0.837 bits per heavy atom. The molecule has 3 fully saturated rings. The van der Waals surface area contributed by atoms with Crippen molar-refractivity contribution >= 4 is 44.4 Å². The Bertz CT molecular complexity index is 2070. The number of nitrogens with zero attached hydrogens (tertiary/aromatic N) is 4. The molecule has 2 aromatic carbocycles. The van der Waals surface area contributed by atoms with Gasteiger partial charge in [-0.15, -0.1) is 11.3 Å². The zero-order chi connectivity index (χ0) is 34.2. The maximum atomic E-state index is 13.2. The highest BCUT2D eigenvalue weighted by Crippen LogP contribution is 2.50. The number of amides is 2. The smallest absolute Gasteiger partial charge is 0.411 e. The summed E-state index contributed by atoms with van der Waals surface area (Å²) < 4.78 is 12.7. The maximum Gasteiger partial charge on any atom is 0.411 e. The van der Waals surface area contributed by atoms with E-state index in [0.717, 1.165) is 71.0 Å². The molecule has 1 saturated carbocycles. The number of aromatic nitrogens is 4. The molecule has 3 aliphatic rings. The van der Waals surface area contributed by atoms with Gasteiger partial charge >= 0.3 is 12.2 Å². The van der Waals surface area contributed by atoms with Gasteiger partial charge in [0.1, 0.15) is 22.9 Å². The molecular weight excluding hydrogens is 637 g/mol. The van der Waals surface area contributed by atoms with E-state index in [1.807, 2.05) is 58.8 Å². The second-order valence-corrected chi connectivity index (χ2v) is 16.8. The van der Waals surface area contributed by atoms with E-state index in [4.69, 9.17) is 19.4 Å². The summed E-state index contributed by atoms with van der Waals surface area (Å²) in [6.45, 7) is 12.1. The number of thiophene rings is 1. The van der Waals surface area contributed by atoms with E-state index in [-0.39, 0.29) is 30.3 Å². The number of ether oxygens (including phenoxy) is 2. The minimum atomic E-state index is -0.542. The summed E-state index contributed by atoms with van der Waals surface area (Å²) in [5, 5.41) is 3.51. The van der Waals surface area contributed by atoms with Gasteiger partial charge in [-0.05, 0) is 108 Å². The van der Waals surface area contributed by atoms with Crippen LogP contribution in [0.5, 0.6) is 0 Å². The molecular formula is C38H44N6O4S. The third kappa shape index (κ3) is 5.96. The van der Waals surface area contributed by atoms with Crippen LogP contribution >= 0.6 is 11.3 Å². The highest BCUT2D eigenvalue weighted by atomic mass is 32.1. The summed E-state index contributed by atoms with van der Waals surface area (Å²) in [6.07, 6.45) is 8.12. The molecule has 11 heteroatoms. The number of hydrogen-bond acceptors (Lipinski definition) is 7. The molecule has 0 spiro atoms. The first kappa shape index (κ1) is 31.9. The van der Waals surface area contributed by atoms with Crippen LogP contribution in [0.1, 0.15) is 97.4 Å². The maximum absolute atomic E-state index is 13.2. The van der Waals surface area contributed by atoms with Gasteiger partial charge in [0.2, 0.25) is 0 Å². The molecule has 256 valence electrons. The number of nitrogens with one attached hydrogen (secondary N) is 2. The Morgan fingerprint density at radius 3 is 2.35 bits per heavy atom. The topological polar surface area (TPSA) is 116 Å². The molecule has 10 nitrogen and oxygen atoms in total. The zero-order valence-corrected chi connectivity index (χ0v) is 29.8. The largest absolute Gasteiger partial charge is 0.444 e. The molecule has 4 atom stereocenters. The minimum Gasteiger partial charge on any atom is -0.444 e. The second kappa shape index (κ2) is 11.6. The highest BCUT2D eigenvalue weighted by Gasteiger charge is 2.51.